The number of benzene rings is 2. The number of rotatable bonds is 3. The Hall–Kier alpha value is -1.89. The van der Waals surface area contributed by atoms with Crippen LogP contribution in [0.3, 0.4) is 0 Å². The van der Waals surface area contributed by atoms with Gasteiger partial charge in [-0.3, -0.25) is 4.79 Å². The lowest BCUT2D eigenvalue weighted by molar-refractivity contribution is -0.133. The Bertz CT molecular complexity index is 785. The number of halogens is 1. The van der Waals surface area contributed by atoms with Gasteiger partial charge in [0.2, 0.25) is 5.91 Å². The van der Waals surface area contributed by atoms with Gasteiger partial charge in [-0.2, -0.15) is 0 Å². The van der Waals surface area contributed by atoms with Crippen LogP contribution in [0.2, 0.25) is 0 Å². The van der Waals surface area contributed by atoms with Crippen molar-refractivity contribution in [3.63, 3.8) is 0 Å². The average molecular weight is 429 g/mol. The van der Waals surface area contributed by atoms with Crippen molar-refractivity contribution in [1.29, 1.82) is 0 Å². The van der Waals surface area contributed by atoms with Crippen molar-refractivity contribution < 1.29 is 4.79 Å². The van der Waals surface area contributed by atoms with Crippen LogP contribution in [0.15, 0.2) is 53.0 Å². The number of hydrogen-bond acceptors (Lipinski definition) is 4. The van der Waals surface area contributed by atoms with Gasteiger partial charge in [-0.25, -0.2) is 10.9 Å². The summed E-state index contributed by atoms with van der Waals surface area (Å²) < 4.78 is 1.07. The first-order chi connectivity index (χ1) is 13.1. The van der Waals surface area contributed by atoms with Gasteiger partial charge in [0.25, 0.3) is 0 Å². The molecular formula is C21H25BrN4O. The number of hydrazine groups is 1. The number of nitrogens with one attached hydrogen (secondary N) is 2. The van der Waals surface area contributed by atoms with E-state index < -0.39 is 0 Å². The van der Waals surface area contributed by atoms with E-state index in [1.807, 2.05) is 17.0 Å². The SMILES string of the molecule is Cc1ccc(N2CCN(C(=O)C3CC(c4ccc(Br)cc4)NN3)CC2)cc1. The number of piperazine rings is 1. The lowest BCUT2D eigenvalue weighted by atomic mass is 10.0. The predicted octanol–water partition coefficient (Wildman–Crippen LogP) is 3.01. The molecule has 2 N–H and O–H groups in total. The number of aryl methyl sites for hydroxylation is 1. The zero-order chi connectivity index (χ0) is 18.8. The molecular weight excluding hydrogens is 404 g/mol. The highest BCUT2D eigenvalue weighted by molar-refractivity contribution is 9.10. The Morgan fingerprint density at radius 1 is 0.963 bits per heavy atom. The lowest BCUT2D eigenvalue weighted by Crippen LogP contribution is -2.53. The second-order valence-electron chi connectivity index (χ2n) is 7.33. The zero-order valence-corrected chi connectivity index (χ0v) is 17.1. The van der Waals surface area contributed by atoms with Crippen LogP contribution in [0.5, 0.6) is 0 Å². The molecule has 5 nitrogen and oxygen atoms in total. The Labute approximate surface area is 168 Å². The molecule has 0 bridgehead atoms. The first-order valence-electron chi connectivity index (χ1n) is 9.47. The maximum Gasteiger partial charge on any atom is 0.241 e. The number of hydrogen-bond donors (Lipinski definition) is 2. The molecule has 4 rings (SSSR count). The number of amides is 1. The molecule has 2 saturated heterocycles. The first kappa shape index (κ1) is 18.5. The molecule has 2 aliphatic heterocycles. The van der Waals surface area contributed by atoms with Crippen molar-refractivity contribution in [2.24, 2.45) is 0 Å². The number of carbonyl (C=O) groups excluding carboxylic acids is 1. The normalized spacial score (nSPS) is 22.9. The van der Waals surface area contributed by atoms with Gasteiger partial charge >= 0.3 is 0 Å². The monoisotopic (exact) mass is 428 g/mol. The minimum absolute atomic E-state index is 0.162. The molecule has 0 saturated carbocycles. The summed E-state index contributed by atoms with van der Waals surface area (Å²) in [4.78, 5) is 17.3. The van der Waals surface area contributed by atoms with Gasteiger partial charge in [-0.15, -0.1) is 0 Å². The molecule has 0 aliphatic carbocycles. The van der Waals surface area contributed by atoms with Crippen molar-refractivity contribution in [2.75, 3.05) is 31.1 Å². The van der Waals surface area contributed by atoms with E-state index in [9.17, 15) is 4.79 Å². The van der Waals surface area contributed by atoms with E-state index in [0.717, 1.165) is 37.1 Å². The van der Waals surface area contributed by atoms with Crippen LogP contribution in [0, 0.1) is 6.92 Å². The molecule has 2 aromatic carbocycles. The molecule has 2 aromatic rings. The molecule has 2 atom stereocenters. The van der Waals surface area contributed by atoms with Crippen LogP contribution in [0.4, 0.5) is 5.69 Å². The van der Waals surface area contributed by atoms with Crippen LogP contribution in [-0.4, -0.2) is 43.0 Å². The third-order valence-corrected chi connectivity index (χ3v) is 5.99. The fraction of sp³-hybridized carbons (Fsp3) is 0.381. The van der Waals surface area contributed by atoms with Gasteiger partial charge in [0, 0.05) is 42.4 Å². The summed E-state index contributed by atoms with van der Waals surface area (Å²) in [6.07, 6.45) is 0.776. The molecule has 0 radical (unpaired) electrons. The summed E-state index contributed by atoms with van der Waals surface area (Å²) >= 11 is 3.47. The molecule has 1 amide bonds. The summed E-state index contributed by atoms with van der Waals surface area (Å²) in [5.74, 6) is 0.200. The Morgan fingerprint density at radius 2 is 1.63 bits per heavy atom. The number of nitrogens with zero attached hydrogens (tertiary/aromatic N) is 2. The molecule has 2 aliphatic rings. The van der Waals surface area contributed by atoms with E-state index in [-0.39, 0.29) is 18.0 Å². The van der Waals surface area contributed by atoms with Gasteiger partial charge in [0.05, 0.1) is 0 Å². The van der Waals surface area contributed by atoms with Crippen molar-refractivity contribution in [3.05, 3.63) is 64.1 Å². The molecule has 0 aromatic heterocycles. The summed E-state index contributed by atoms with van der Waals surface area (Å²) in [6.45, 7) is 5.41. The molecule has 6 heteroatoms. The topological polar surface area (TPSA) is 47.6 Å². The molecule has 2 unspecified atom stereocenters. The van der Waals surface area contributed by atoms with Crippen molar-refractivity contribution in [2.45, 2.75) is 25.4 Å². The highest BCUT2D eigenvalue weighted by Crippen LogP contribution is 2.25. The maximum atomic E-state index is 12.9. The zero-order valence-electron chi connectivity index (χ0n) is 15.5. The van der Waals surface area contributed by atoms with Gasteiger partial charge in [0.15, 0.2) is 0 Å². The van der Waals surface area contributed by atoms with E-state index in [2.05, 4.69) is 75.0 Å². The van der Waals surface area contributed by atoms with Gasteiger partial charge in [0.1, 0.15) is 6.04 Å². The summed E-state index contributed by atoms with van der Waals surface area (Å²) in [5, 5.41) is 0. The summed E-state index contributed by atoms with van der Waals surface area (Å²) in [6, 6.07) is 16.9. The fourth-order valence-electron chi connectivity index (χ4n) is 3.79. The van der Waals surface area contributed by atoms with Crippen LogP contribution in [0.1, 0.15) is 23.6 Å². The third kappa shape index (κ3) is 4.18. The van der Waals surface area contributed by atoms with E-state index in [0.29, 0.717) is 0 Å². The quantitative estimate of drug-likeness (QED) is 0.788. The molecule has 0 spiro atoms. The first-order valence-corrected chi connectivity index (χ1v) is 10.3. The largest absolute Gasteiger partial charge is 0.368 e. The van der Waals surface area contributed by atoms with Crippen LogP contribution in [0.25, 0.3) is 0 Å². The van der Waals surface area contributed by atoms with Crippen LogP contribution in [-0.2, 0) is 4.79 Å². The van der Waals surface area contributed by atoms with Gasteiger partial charge < -0.3 is 9.80 Å². The summed E-state index contributed by atoms with van der Waals surface area (Å²) in [5.41, 5.74) is 10.2. The summed E-state index contributed by atoms with van der Waals surface area (Å²) in [7, 11) is 0. The number of anilines is 1. The van der Waals surface area contributed by atoms with Crippen molar-refractivity contribution in [3.8, 4) is 0 Å². The maximum absolute atomic E-state index is 12.9. The smallest absolute Gasteiger partial charge is 0.241 e. The molecule has 2 heterocycles. The van der Waals surface area contributed by atoms with Gasteiger partial charge in [-0.05, 0) is 43.2 Å². The Balaban J connectivity index is 1.32. The second-order valence-corrected chi connectivity index (χ2v) is 8.24. The van der Waals surface area contributed by atoms with E-state index in [4.69, 9.17) is 0 Å². The highest BCUT2D eigenvalue weighted by atomic mass is 79.9. The van der Waals surface area contributed by atoms with E-state index in [1.54, 1.807) is 0 Å². The van der Waals surface area contributed by atoms with Crippen molar-refractivity contribution in [1.82, 2.24) is 15.8 Å². The third-order valence-electron chi connectivity index (χ3n) is 5.46. The van der Waals surface area contributed by atoms with Crippen LogP contribution < -0.4 is 15.8 Å². The lowest BCUT2D eigenvalue weighted by Gasteiger charge is -2.37. The predicted molar refractivity (Wildman–Crippen MR) is 112 cm³/mol. The highest BCUT2D eigenvalue weighted by Gasteiger charge is 2.34. The van der Waals surface area contributed by atoms with Crippen molar-refractivity contribution >= 4 is 27.5 Å². The molecule has 2 fully saturated rings. The number of carbonyl (C=O) groups is 1. The average Bonchev–Trinajstić information content (AvgIpc) is 3.19. The molecule has 142 valence electrons. The minimum Gasteiger partial charge on any atom is -0.368 e. The minimum atomic E-state index is -0.162. The second kappa shape index (κ2) is 8.00. The van der Waals surface area contributed by atoms with Gasteiger partial charge in [-0.1, -0.05) is 45.8 Å². The van der Waals surface area contributed by atoms with E-state index in [1.165, 1.54) is 16.8 Å². The standard InChI is InChI=1S/C21H25BrN4O/c1-15-2-8-18(9-3-15)25-10-12-26(13-11-25)21(27)20-14-19(23-24-20)16-4-6-17(22)7-5-16/h2-9,19-20,23-24H,10-14H2,1H3. The fourth-order valence-corrected chi connectivity index (χ4v) is 4.06. The van der Waals surface area contributed by atoms with Crippen LogP contribution >= 0.6 is 15.9 Å². The Morgan fingerprint density at radius 3 is 2.30 bits per heavy atom. The Kier molecular flexibility index (Phi) is 5.48. The molecule has 27 heavy (non-hydrogen) atoms. The van der Waals surface area contributed by atoms with E-state index >= 15 is 0 Å².